The fourth-order valence-corrected chi connectivity index (χ4v) is 2.08. The molecule has 0 aliphatic rings. The van der Waals surface area contributed by atoms with Crippen molar-refractivity contribution in [3.63, 3.8) is 0 Å². The van der Waals surface area contributed by atoms with E-state index in [1.807, 2.05) is 6.07 Å². The molecular weight excluding hydrogens is 302 g/mol. The summed E-state index contributed by atoms with van der Waals surface area (Å²) in [6.45, 7) is 0. The minimum Gasteiger partial charge on any atom is -0.408 e. The van der Waals surface area contributed by atoms with Crippen molar-refractivity contribution in [3.8, 4) is 17.4 Å². The molecule has 7 heteroatoms. The highest BCUT2D eigenvalue weighted by molar-refractivity contribution is 9.10. The number of oxazole rings is 1. The van der Waals surface area contributed by atoms with E-state index in [1.54, 1.807) is 18.2 Å². The van der Waals surface area contributed by atoms with E-state index < -0.39 is 5.76 Å². The van der Waals surface area contributed by atoms with E-state index in [4.69, 9.17) is 14.2 Å². The number of benzene rings is 1. The van der Waals surface area contributed by atoms with Gasteiger partial charge in [0.1, 0.15) is 10.5 Å². The molecule has 1 N–H and O–H groups in total. The molecule has 6 nitrogen and oxygen atoms in total. The molecule has 0 bridgehead atoms. The van der Waals surface area contributed by atoms with E-state index in [-0.39, 0.29) is 5.69 Å². The van der Waals surface area contributed by atoms with Gasteiger partial charge in [0, 0.05) is 5.56 Å². The van der Waals surface area contributed by atoms with Crippen LogP contribution >= 0.6 is 15.9 Å². The van der Waals surface area contributed by atoms with E-state index in [0.29, 0.717) is 26.9 Å². The monoisotopic (exact) mass is 305 g/mol. The van der Waals surface area contributed by atoms with Crippen LogP contribution in [0.1, 0.15) is 5.69 Å². The summed E-state index contributed by atoms with van der Waals surface area (Å²) in [5.74, 6) is -0.0907. The number of nitriles is 1. The van der Waals surface area contributed by atoms with Crippen LogP contribution in [0.2, 0.25) is 0 Å². The first-order valence-electron chi connectivity index (χ1n) is 4.87. The second-order valence-electron chi connectivity index (χ2n) is 3.51. The predicted octanol–water partition coefficient (Wildman–Crippen LogP) is 2.41. The normalized spacial score (nSPS) is 10.7. The number of rotatable bonds is 1. The zero-order chi connectivity index (χ0) is 12.7. The Labute approximate surface area is 108 Å². The van der Waals surface area contributed by atoms with Crippen LogP contribution < -0.4 is 5.76 Å². The van der Waals surface area contributed by atoms with Crippen LogP contribution in [0.25, 0.3) is 22.4 Å². The summed E-state index contributed by atoms with van der Waals surface area (Å²) in [6, 6.07) is 6.94. The number of aromatic amines is 1. The van der Waals surface area contributed by atoms with Gasteiger partial charge in [-0.15, -0.1) is 0 Å². The zero-order valence-electron chi connectivity index (χ0n) is 8.73. The number of aromatic nitrogens is 2. The minimum absolute atomic E-state index is 0.172. The molecule has 0 amide bonds. The van der Waals surface area contributed by atoms with Crippen LogP contribution in [0.15, 0.2) is 36.4 Å². The average molecular weight is 306 g/mol. The van der Waals surface area contributed by atoms with Crippen molar-refractivity contribution < 1.29 is 8.94 Å². The van der Waals surface area contributed by atoms with Crippen LogP contribution in [0.3, 0.4) is 0 Å². The maximum absolute atomic E-state index is 11.0. The van der Waals surface area contributed by atoms with E-state index in [9.17, 15) is 4.79 Å². The molecule has 0 saturated heterocycles. The Morgan fingerprint density at radius 3 is 3.00 bits per heavy atom. The molecule has 0 fully saturated rings. The summed E-state index contributed by atoms with van der Waals surface area (Å²) >= 11 is 3.24. The van der Waals surface area contributed by atoms with Gasteiger partial charge in [0.2, 0.25) is 0 Å². The standard InChI is InChI=1S/C11H4BrN3O3/c12-9-7(4-13)15-18-10(9)5-1-2-8-6(3-5)14-11(16)17-8/h1-3H,(H,14,16). The Kier molecular flexibility index (Phi) is 2.31. The van der Waals surface area contributed by atoms with Crippen molar-refractivity contribution in [2.45, 2.75) is 0 Å². The lowest BCUT2D eigenvalue weighted by Crippen LogP contribution is -1.92. The highest BCUT2D eigenvalue weighted by atomic mass is 79.9. The number of nitrogens with zero attached hydrogens (tertiary/aromatic N) is 2. The topological polar surface area (TPSA) is 95.8 Å². The van der Waals surface area contributed by atoms with Gasteiger partial charge in [0.05, 0.1) is 5.52 Å². The van der Waals surface area contributed by atoms with Crippen molar-refractivity contribution in [2.24, 2.45) is 0 Å². The molecule has 3 aromatic rings. The van der Waals surface area contributed by atoms with E-state index in [0.717, 1.165) is 0 Å². The summed E-state index contributed by atoms with van der Waals surface area (Å²) in [6.07, 6.45) is 0. The highest BCUT2D eigenvalue weighted by Crippen LogP contribution is 2.31. The smallest absolute Gasteiger partial charge is 0.408 e. The number of H-pyrrole nitrogens is 1. The van der Waals surface area contributed by atoms with Crippen molar-refractivity contribution in [1.29, 1.82) is 5.26 Å². The molecule has 3 rings (SSSR count). The average Bonchev–Trinajstić information content (AvgIpc) is 2.89. The third-order valence-corrected chi connectivity index (χ3v) is 3.16. The molecule has 88 valence electrons. The Morgan fingerprint density at radius 2 is 2.28 bits per heavy atom. The number of nitrogens with one attached hydrogen (secondary N) is 1. The number of fused-ring (bicyclic) bond motifs is 1. The van der Waals surface area contributed by atoms with Gasteiger partial charge in [-0.3, -0.25) is 4.98 Å². The van der Waals surface area contributed by atoms with Gasteiger partial charge in [-0.25, -0.2) is 4.79 Å². The summed E-state index contributed by atoms with van der Waals surface area (Å²) < 4.78 is 10.5. The number of hydrogen-bond acceptors (Lipinski definition) is 5. The SMILES string of the molecule is N#Cc1noc(-c2ccc3oc(=O)[nH]c3c2)c1Br. The summed E-state index contributed by atoms with van der Waals surface area (Å²) in [5.41, 5.74) is 1.87. The second-order valence-corrected chi connectivity index (χ2v) is 4.30. The van der Waals surface area contributed by atoms with Crippen molar-refractivity contribution in [1.82, 2.24) is 10.1 Å². The number of hydrogen-bond donors (Lipinski definition) is 1. The van der Waals surface area contributed by atoms with Gasteiger partial charge in [-0.05, 0) is 34.1 Å². The molecule has 18 heavy (non-hydrogen) atoms. The van der Waals surface area contributed by atoms with Gasteiger partial charge in [0.15, 0.2) is 17.0 Å². The molecule has 2 aromatic heterocycles. The maximum atomic E-state index is 11.0. The van der Waals surface area contributed by atoms with Crippen molar-refractivity contribution in [2.75, 3.05) is 0 Å². The second kappa shape index (κ2) is 3.85. The summed E-state index contributed by atoms with van der Waals surface area (Å²) in [5, 5.41) is 12.4. The van der Waals surface area contributed by atoms with Gasteiger partial charge >= 0.3 is 5.76 Å². The van der Waals surface area contributed by atoms with Crippen LogP contribution in [0.4, 0.5) is 0 Å². The third-order valence-electron chi connectivity index (χ3n) is 2.42. The Balaban J connectivity index is 2.22. The molecule has 1 aromatic carbocycles. The quantitative estimate of drug-likeness (QED) is 0.744. The van der Waals surface area contributed by atoms with Gasteiger partial charge in [0.25, 0.3) is 0 Å². The Hall–Kier alpha value is -2.33. The fraction of sp³-hybridized carbons (Fsp3) is 0. The van der Waals surface area contributed by atoms with Gasteiger partial charge in [-0.2, -0.15) is 5.26 Å². The van der Waals surface area contributed by atoms with E-state index >= 15 is 0 Å². The first-order valence-corrected chi connectivity index (χ1v) is 5.67. The first kappa shape index (κ1) is 10.8. The minimum atomic E-state index is -0.517. The highest BCUT2D eigenvalue weighted by Gasteiger charge is 2.16. The van der Waals surface area contributed by atoms with Crippen molar-refractivity contribution >= 4 is 27.0 Å². The van der Waals surface area contributed by atoms with Crippen LogP contribution in [-0.2, 0) is 0 Å². The summed E-state index contributed by atoms with van der Waals surface area (Å²) in [7, 11) is 0. The van der Waals surface area contributed by atoms with Crippen molar-refractivity contribution in [3.05, 3.63) is 38.9 Å². The third kappa shape index (κ3) is 1.55. The van der Waals surface area contributed by atoms with E-state index in [1.165, 1.54) is 0 Å². The van der Waals surface area contributed by atoms with Gasteiger partial charge < -0.3 is 8.94 Å². The lowest BCUT2D eigenvalue weighted by molar-refractivity contribution is 0.430. The fourth-order valence-electron chi connectivity index (χ4n) is 1.62. The van der Waals surface area contributed by atoms with Crippen LogP contribution in [-0.4, -0.2) is 10.1 Å². The maximum Gasteiger partial charge on any atom is 0.417 e. The molecule has 2 heterocycles. The largest absolute Gasteiger partial charge is 0.417 e. The Bertz CT molecular complexity index is 837. The molecule has 0 saturated carbocycles. The lowest BCUT2D eigenvalue weighted by Gasteiger charge is -1.95. The molecule has 0 aliphatic carbocycles. The van der Waals surface area contributed by atoms with Crippen LogP contribution in [0, 0.1) is 11.3 Å². The van der Waals surface area contributed by atoms with Gasteiger partial charge in [-0.1, -0.05) is 5.16 Å². The Morgan fingerprint density at radius 1 is 1.44 bits per heavy atom. The summed E-state index contributed by atoms with van der Waals surface area (Å²) in [4.78, 5) is 13.6. The lowest BCUT2D eigenvalue weighted by atomic mass is 10.1. The predicted molar refractivity (Wildman–Crippen MR) is 64.7 cm³/mol. The number of halogens is 1. The molecule has 0 atom stereocenters. The molecule has 0 unspecified atom stereocenters. The molecular formula is C11H4BrN3O3. The zero-order valence-corrected chi connectivity index (χ0v) is 10.3. The van der Waals surface area contributed by atoms with Crippen LogP contribution in [0.5, 0.6) is 0 Å². The molecule has 0 spiro atoms. The molecule has 0 aliphatic heterocycles. The first-order chi connectivity index (χ1) is 8.69. The van der Waals surface area contributed by atoms with E-state index in [2.05, 4.69) is 26.1 Å². The molecule has 0 radical (unpaired) electrons.